The maximum absolute atomic E-state index is 13.5. The molecular formula is C24H32BrF2N3O2. The van der Waals surface area contributed by atoms with E-state index in [1.807, 2.05) is 50.8 Å². The van der Waals surface area contributed by atoms with Crippen LogP contribution in [0.15, 0.2) is 27.5 Å². The Labute approximate surface area is 196 Å². The maximum atomic E-state index is 13.5. The van der Waals surface area contributed by atoms with Gasteiger partial charge in [-0.15, -0.1) is 0 Å². The molecule has 5 nitrogen and oxygen atoms in total. The molecule has 0 spiro atoms. The van der Waals surface area contributed by atoms with Crippen LogP contribution in [0, 0.1) is 20.8 Å². The van der Waals surface area contributed by atoms with Gasteiger partial charge in [0.15, 0.2) is 0 Å². The molecule has 176 valence electrons. The van der Waals surface area contributed by atoms with Gasteiger partial charge in [0.25, 0.3) is 12.0 Å². The number of hydrogen-bond acceptors (Lipinski definition) is 4. The van der Waals surface area contributed by atoms with E-state index in [0.29, 0.717) is 25.3 Å². The van der Waals surface area contributed by atoms with Crippen molar-refractivity contribution in [2.45, 2.75) is 65.6 Å². The lowest BCUT2D eigenvalue weighted by Gasteiger charge is -2.37. The highest BCUT2D eigenvalue weighted by atomic mass is 79.9. The molecule has 2 N–H and O–H groups in total. The highest BCUT2D eigenvalue weighted by Crippen LogP contribution is 2.34. The van der Waals surface area contributed by atoms with Crippen molar-refractivity contribution in [2.75, 3.05) is 24.7 Å². The van der Waals surface area contributed by atoms with Crippen molar-refractivity contribution in [3.8, 4) is 0 Å². The number of nitrogens with zero attached hydrogens (tertiary/aromatic N) is 1. The van der Waals surface area contributed by atoms with Crippen molar-refractivity contribution < 1.29 is 13.5 Å². The average Bonchev–Trinajstić information content (AvgIpc) is 2.73. The molecule has 1 saturated heterocycles. The van der Waals surface area contributed by atoms with Crippen LogP contribution in [0.4, 0.5) is 14.5 Å². The summed E-state index contributed by atoms with van der Waals surface area (Å²) in [6, 6.07) is 5.86. The number of aromatic nitrogens is 1. The molecule has 1 aromatic heterocycles. The fraction of sp³-hybridized carbons (Fsp3) is 0.542. The van der Waals surface area contributed by atoms with Gasteiger partial charge in [0.05, 0.1) is 6.54 Å². The van der Waals surface area contributed by atoms with Crippen LogP contribution >= 0.6 is 15.9 Å². The number of benzene rings is 1. The van der Waals surface area contributed by atoms with Gasteiger partial charge in [-0.1, -0.05) is 15.9 Å². The van der Waals surface area contributed by atoms with Gasteiger partial charge in [-0.05, 0) is 75.4 Å². The van der Waals surface area contributed by atoms with E-state index in [9.17, 15) is 13.6 Å². The molecule has 0 aliphatic carbocycles. The minimum atomic E-state index is -2.42. The van der Waals surface area contributed by atoms with Crippen molar-refractivity contribution >= 4 is 21.6 Å². The number of aromatic amines is 1. The minimum absolute atomic E-state index is 0.0237. The average molecular weight is 512 g/mol. The lowest BCUT2D eigenvalue weighted by atomic mass is 9.97. The number of H-pyrrole nitrogens is 1. The Hall–Kier alpha value is -1.77. The summed E-state index contributed by atoms with van der Waals surface area (Å²) >= 11 is 3.58. The van der Waals surface area contributed by atoms with E-state index in [4.69, 9.17) is 4.74 Å². The van der Waals surface area contributed by atoms with Gasteiger partial charge in [0.1, 0.15) is 0 Å². The standard InChI is InChI=1S/C24H32BrF2N3O2/c1-14-9-15(2)29-24(31)21(14)12-28-17(4)20-10-18(25)11-22(16(20)3)30(13-23(26)27)19-5-7-32-8-6-19/h9-11,17,19,23,28H,5-8,12-13H2,1-4H3,(H,29,31). The largest absolute Gasteiger partial charge is 0.381 e. The number of pyridine rings is 1. The molecule has 0 radical (unpaired) electrons. The monoisotopic (exact) mass is 511 g/mol. The van der Waals surface area contributed by atoms with Gasteiger partial charge in [-0.25, -0.2) is 8.78 Å². The molecule has 1 fully saturated rings. The molecule has 1 aliphatic rings. The number of rotatable bonds is 8. The predicted octanol–water partition coefficient (Wildman–Crippen LogP) is 5.16. The quantitative estimate of drug-likeness (QED) is 0.513. The summed E-state index contributed by atoms with van der Waals surface area (Å²) in [5, 5.41) is 3.44. The first-order chi connectivity index (χ1) is 15.2. The minimum Gasteiger partial charge on any atom is -0.381 e. The summed E-state index contributed by atoms with van der Waals surface area (Å²) in [7, 11) is 0. The predicted molar refractivity (Wildman–Crippen MR) is 128 cm³/mol. The van der Waals surface area contributed by atoms with Crippen LogP contribution in [0.25, 0.3) is 0 Å². The number of halogens is 3. The SMILES string of the molecule is Cc1cc(C)c(CNC(C)c2cc(Br)cc(N(CC(F)F)C3CCOCC3)c2C)c(=O)[nH]1. The zero-order valence-corrected chi connectivity index (χ0v) is 20.7. The van der Waals surface area contributed by atoms with Crippen LogP contribution < -0.4 is 15.8 Å². The number of anilines is 1. The molecule has 1 aromatic carbocycles. The third kappa shape index (κ3) is 5.97. The van der Waals surface area contributed by atoms with Crippen molar-refractivity contribution in [1.29, 1.82) is 0 Å². The third-order valence-corrected chi connectivity index (χ3v) is 6.66. The molecule has 3 rings (SSSR count). The van der Waals surface area contributed by atoms with Crippen molar-refractivity contribution in [1.82, 2.24) is 10.3 Å². The fourth-order valence-electron chi connectivity index (χ4n) is 4.49. The van der Waals surface area contributed by atoms with Crippen LogP contribution in [-0.2, 0) is 11.3 Å². The topological polar surface area (TPSA) is 57.4 Å². The molecule has 1 atom stereocenters. The Bertz CT molecular complexity index is 990. The molecule has 0 saturated carbocycles. The van der Waals surface area contributed by atoms with Gasteiger partial charge in [0, 0.05) is 53.3 Å². The zero-order chi connectivity index (χ0) is 23.4. The number of nitrogens with one attached hydrogen (secondary N) is 2. The Morgan fingerprint density at radius 2 is 1.91 bits per heavy atom. The van der Waals surface area contributed by atoms with Crippen molar-refractivity contribution in [2.24, 2.45) is 0 Å². The van der Waals surface area contributed by atoms with Gasteiger partial charge in [-0.2, -0.15) is 0 Å². The van der Waals surface area contributed by atoms with Crippen LogP contribution in [0.1, 0.15) is 53.8 Å². The van der Waals surface area contributed by atoms with Gasteiger partial charge < -0.3 is 19.9 Å². The molecule has 2 aromatic rings. The van der Waals surface area contributed by atoms with Crippen molar-refractivity contribution in [3.05, 3.63) is 61.0 Å². The Balaban J connectivity index is 1.88. The molecule has 0 bridgehead atoms. The van der Waals surface area contributed by atoms with E-state index in [0.717, 1.165) is 45.4 Å². The summed E-state index contributed by atoms with van der Waals surface area (Å²) in [5.41, 5.74) is 5.20. The molecule has 8 heteroatoms. The van der Waals surface area contributed by atoms with E-state index in [-0.39, 0.29) is 24.2 Å². The summed E-state index contributed by atoms with van der Waals surface area (Å²) in [6.07, 6.45) is -0.958. The van der Waals surface area contributed by atoms with Crippen LogP contribution in [0.2, 0.25) is 0 Å². The number of ether oxygens (including phenoxy) is 1. The molecular weight excluding hydrogens is 480 g/mol. The first kappa shape index (κ1) is 24.9. The zero-order valence-electron chi connectivity index (χ0n) is 19.1. The lowest BCUT2D eigenvalue weighted by Crippen LogP contribution is -2.42. The molecule has 0 amide bonds. The summed E-state index contributed by atoms with van der Waals surface area (Å²) in [5.74, 6) is 0. The van der Waals surface area contributed by atoms with Gasteiger partial charge >= 0.3 is 0 Å². The Morgan fingerprint density at radius 1 is 1.22 bits per heavy atom. The van der Waals surface area contributed by atoms with Crippen LogP contribution in [-0.4, -0.2) is 37.2 Å². The van der Waals surface area contributed by atoms with Crippen LogP contribution in [0.5, 0.6) is 0 Å². The van der Waals surface area contributed by atoms with Gasteiger partial charge in [0.2, 0.25) is 0 Å². The third-order valence-electron chi connectivity index (χ3n) is 6.21. The Morgan fingerprint density at radius 3 is 2.53 bits per heavy atom. The van der Waals surface area contributed by atoms with E-state index in [1.165, 1.54) is 0 Å². The maximum Gasteiger partial charge on any atom is 0.255 e. The van der Waals surface area contributed by atoms with Gasteiger partial charge in [-0.3, -0.25) is 4.79 Å². The Kier molecular flexibility index (Phi) is 8.47. The molecule has 32 heavy (non-hydrogen) atoms. The second kappa shape index (κ2) is 10.9. The van der Waals surface area contributed by atoms with E-state index in [1.54, 1.807) is 0 Å². The van der Waals surface area contributed by atoms with Crippen molar-refractivity contribution in [3.63, 3.8) is 0 Å². The van der Waals surface area contributed by atoms with E-state index >= 15 is 0 Å². The molecule has 1 unspecified atom stereocenters. The second-order valence-electron chi connectivity index (χ2n) is 8.57. The fourth-order valence-corrected chi connectivity index (χ4v) is 4.95. The summed E-state index contributed by atoms with van der Waals surface area (Å²) in [6.45, 7) is 9.11. The first-order valence-electron chi connectivity index (χ1n) is 11.0. The van der Waals surface area contributed by atoms with E-state index < -0.39 is 6.43 Å². The first-order valence-corrected chi connectivity index (χ1v) is 11.8. The summed E-state index contributed by atoms with van der Waals surface area (Å²) < 4.78 is 33.3. The number of aryl methyl sites for hydroxylation is 2. The van der Waals surface area contributed by atoms with Crippen LogP contribution in [0.3, 0.4) is 0 Å². The normalized spacial score (nSPS) is 15.9. The number of hydrogen-bond donors (Lipinski definition) is 2. The van der Waals surface area contributed by atoms with E-state index in [2.05, 4.69) is 26.2 Å². The number of alkyl halides is 2. The molecule has 2 heterocycles. The molecule has 1 aliphatic heterocycles. The smallest absolute Gasteiger partial charge is 0.255 e. The lowest BCUT2D eigenvalue weighted by molar-refractivity contribution is 0.0787. The second-order valence-corrected chi connectivity index (χ2v) is 9.49. The summed E-state index contributed by atoms with van der Waals surface area (Å²) in [4.78, 5) is 17.1. The highest BCUT2D eigenvalue weighted by molar-refractivity contribution is 9.10. The highest BCUT2D eigenvalue weighted by Gasteiger charge is 2.27.